The van der Waals surface area contributed by atoms with Crippen molar-refractivity contribution in [1.29, 1.82) is 0 Å². The van der Waals surface area contributed by atoms with Crippen LogP contribution in [0.2, 0.25) is 0 Å². The molecule has 0 unspecified atom stereocenters. The summed E-state index contributed by atoms with van der Waals surface area (Å²) in [4.78, 5) is 16.2. The lowest BCUT2D eigenvalue weighted by Crippen LogP contribution is -2.02. The van der Waals surface area contributed by atoms with E-state index in [0.29, 0.717) is 17.5 Å². The zero-order valence-corrected chi connectivity index (χ0v) is 29.6. The lowest BCUT2D eigenvalue weighted by atomic mass is 9.90. The summed E-state index contributed by atoms with van der Waals surface area (Å²) in [6.45, 7) is 0. The zero-order chi connectivity index (χ0) is 36.3. The summed E-state index contributed by atoms with van der Waals surface area (Å²) < 4.78 is 6.58. The summed E-state index contributed by atoms with van der Waals surface area (Å²) >= 11 is 0. The Morgan fingerprint density at radius 3 is 1.64 bits per heavy atom. The molecule has 0 amide bonds. The first-order chi connectivity index (χ1) is 27.3. The van der Waals surface area contributed by atoms with E-state index in [1.54, 1.807) is 0 Å². The van der Waals surface area contributed by atoms with Gasteiger partial charge in [-0.3, -0.25) is 0 Å². The highest BCUT2D eigenvalue weighted by Crippen LogP contribution is 2.43. The van der Waals surface area contributed by atoms with Crippen LogP contribution in [0, 0.1) is 0 Å². The molecule has 0 radical (unpaired) electrons. The van der Waals surface area contributed by atoms with Crippen LogP contribution in [0.25, 0.3) is 111 Å². The van der Waals surface area contributed by atoms with E-state index in [2.05, 4.69) is 170 Å². The highest BCUT2D eigenvalue weighted by atomic mass is 16.3. The maximum atomic E-state index is 6.58. The number of benzene rings is 9. The standard InChI is InChI=1S/C51H31N3O/c1-2-14-32(15-3-1)36-30-31-44(40-22-9-8-21-38(36)40)49-52-50(45-26-13-25-43-41-23-10-11-27-46(41)55-48(43)45)54-51(53-49)47-37-20-7-5-17-34(37)28-29-42(47)39-24-12-18-33-16-4-6-19-35(33)39/h1-31H. The molecular weight excluding hydrogens is 671 g/mol. The highest BCUT2D eigenvalue weighted by Gasteiger charge is 2.22. The second-order valence-corrected chi connectivity index (χ2v) is 13.9. The molecule has 4 heteroatoms. The van der Waals surface area contributed by atoms with Gasteiger partial charge in [-0.15, -0.1) is 0 Å². The molecule has 55 heavy (non-hydrogen) atoms. The molecule has 0 bridgehead atoms. The number of rotatable bonds is 5. The Balaban J connectivity index is 1.24. The molecule has 0 aliphatic carbocycles. The summed E-state index contributed by atoms with van der Waals surface area (Å²) in [6.07, 6.45) is 0. The van der Waals surface area contributed by atoms with E-state index in [9.17, 15) is 0 Å². The van der Waals surface area contributed by atoms with Crippen LogP contribution < -0.4 is 0 Å². The first-order valence-electron chi connectivity index (χ1n) is 18.5. The number of aromatic nitrogens is 3. The molecule has 0 atom stereocenters. The van der Waals surface area contributed by atoms with Gasteiger partial charge in [-0.1, -0.05) is 170 Å². The van der Waals surface area contributed by atoms with Crippen LogP contribution in [0.3, 0.4) is 0 Å². The zero-order valence-electron chi connectivity index (χ0n) is 29.6. The monoisotopic (exact) mass is 701 g/mol. The van der Waals surface area contributed by atoms with E-state index in [4.69, 9.17) is 19.4 Å². The normalized spacial score (nSPS) is 11.6. The number of para-hydroxylation sites is 2. The van der Waals surface area contributed by atoms with Gasteiger partial charge in [0.25, 0.3) is 0 Å². The van der Waals surface area contributed by atoms with Crippen molar-refractivity contribution in [2.45, 2.75) is 0 Å². The van der Waals surface area contributed by atoms with Crippen LogP contribution in [-0.4, -0.2) is 15.0 Å². The van der Waals surface area contributed by atoms with Crippen LogP contribution >= 0.6 is 0 Å². The topological polar surface area (TPSA) is 51.8 Å². The van der Waals surface area contributed by atoms with E-state index in [1.165, 1.54) is 10.8 Å². The van der Waals surface area contributed by atoms with Gasteiger partial charge in [0.2, 0.25) is 0 Å². The molecule has 0 aliphatic rings. The molecule has 2 aromatic heterocycles. The van der Waals surface area contributed by atoms with E-state index in [-0.39, 0.29) is 0 Å². The van der Waals surface area contributed by atoms with Gasteiger partial charge in [0, 0.05) is 21.9 Å². The van der Waals surface area contributed by atoms with Gasteiger partial charge in [-0.2, -0.15) is 0 Å². The highest BCUT2D eigenvalue weighted by molar-refractivity contribution is 6.11. The van der Waals surface area contributed by atoms with Crippen molar-refractivity contribution in [2.75, 3.05) is 0 Å². The summed E-state index contributed by atoms with van der Waals surface area (Å²) in [5.74, 6) is 1.75. The van der Waals surface area contributed by atoms with Crippen molar-refractivity contribution in [3.05, 3.63) is 188 Å². The number of fused-ring (bicyclic) bond motifs is 6. The van der Waals surface area contributed by atoms with Crippen LogP contribution in [0.1, 0.15) is 0 Å². The fourth-order valence-corrected chi connectivity index (χ4v) is 8.21. The fourth-order valence-electron chi connectivity index (χ4n) is 8.21. The van der Waals surface area contributed by atoms with Crippen molar-refractivity contribution in [3.63, 3.8) is 0 Å². The molecule has 9 aromatic carbocycles. The Labute approximate surface area is 317 Å². The van der Waals surface area contributed by atoms with E-state index < -0.39 is 0 Å². The molecular formula is C51H31N3O. The van der Waals surface area contributed by atoms with Gasteiger partial charge < -0.3 is 4.42 Å². The molecule has 11 aromatic rings. The molecule has 2 heterocycles. The van der Waals surface area contributed by atoms with Gasteiger partial charge in [-0.05, 0) is 72.8 Å². The maximum Gasteiger partial charge on any atom is 0.167 e. The van der Waals surface area contributed by atoms with Crippen molar-refractivity contribution in [1.82, 2.24) is 15.0 Å². The molecule has 0 spiro atoms. The Bertz CT molecular complexity index is 3270. The Kier molecular flexibility index (Phi) is 7.14. The summed E-state index contributed by atoms with van der Waals surface area (Å²) in [5, 5.41) is 8.82. The number of hydrogen-bond donors (Lipinski definition) is 0. The predicted octanol–water partition coefficient (Wildman–Crippen LogP) is 13.6. The van der Waals surface area contributed by atoms with Gasteiger partial charge in [0.15, 0.2) is 17.5 Å². The third kappa shape index (κ3) is 5.11. The minimum absolute atomic E-state index is 0.553. The maximum absolute atomic E-state index is 6.58. The number of nitrogens with zero attached hydrogens (tertiary/aromatic N) is 3. The fraction of sp³-hybridized carbons (Fsp3) is 0. The SMILES string of the molecule is c1ccc(-c2ccc(-c3nc(-c4c(-c5cccc6ccccc56)ccc5ccccc45)nc(-c4cccc5c4oc4ccccc45)n3)c3ccccc23)cc1. The molecule has 0 N–H and O–H groups in total. The minimum atomic E-state index is 0.553. The minimum Gasteiger partial charge on any atom is -0.455 e. The van der Waals surface area contributed by atoms with Gasteiger partial charge >= 0.3 is 0 Å². The summed E-state index contributed by atoms with van der Waals surface area (Å²) in [6, 6.07) is 65.7. The molecule has 4 nitrogen and oxygen atoms in total. The summed E-state index contributed by atoms with van der Waals surface area (Å²) in [7, 11) is 0. The molecule has 0 fully saturated rings. The van der Waals surface area contributed by atoms with Crippen LogP contribution in [0.15, 0.2) is 192 Å². The van der Waals surface area contributed by atoms with E-state index in [0.717, 1.165) is 82.4 Å². The van der Waals surface area contributed by atoms with E-state index in [1.807, 2.05) is 18.2 Å². The van der Waals surface area contributed by atoms with Gasteiger partial charge in [-0.25, -0.2) is 15.0 Å². The van der Waals surface area contributed by atoms with Crippen molar-refractivity contribution < 1.29 is 4.42 Å². The molecule has 0 saturated heterocycles. The van der Waals surface area contributed by atoms with Crippen molar-refractivity contribution >= 4 is 54.3 Å². The Morgan fingerprint density at radius 2 is 0.818 bits per heavy atom. The van der Waals surface area contributed by atoms with Crippen LogP contribution in [0.5, 0.6) is 0 Å². The average Bonchev–Trinajstić information content (AvgIpc) is 3.64. The predicted molar refractivity (Wildman–Crippen MR) is 227 cm³/mol. The molecule has 256 valence electrons. The molecule has 0 saturated carbocycles. The molecule has 11 rings (SSSR count). The smallest absolute Gasteiger partial charge is 0.167 e. The molecule has 0 aliphatic heterocycles. The third-order valence-corrected chi connectivity index (χ3v) is 10.8. The third-order valence-electron chi connectivity index (χ3n) is 10.8. The number of furan rings is 1. The first kappa shape index (κ1) is 31.1. The largest absolute Gasteiger partial charge is 0.455 e. The Morgan fingerprint density at radius 1 is 0.291 bits per heavy atom. The quantitative estimate of drug-likeness (QED) is 0.179. The first-order valence-corrected chi connectivity index (χ1v) is 18.5. The van der Waals surface area contributed by atoms with Crippen LogP contribution in [0.4, 0.5) is 0 Å². The lowest BCUT2D eigenvalue weighted by molar-refractivity contribution is 0.669. The Hall–Kier alpha value is -7.43. The second-order valence-electron chi connectivity index (χ2n) is 13.9. The summed E-state index contributed by atoms with van der Waals surface area (Å²) in [5.41, 5.74) is 8.80. The number of hydrogen-bond acceptors (Lipinski definition) is 4. The second kappa shape index (κ2) is 12.6. The average molecular weight is 702 g/mol. The van der Waals surface area contributed by atoms with Gasteiger partial charge in [0.1, 0.15) is 11.2 Å². The van der Waals surface area contributed by atoms with E-state index >= 15 is 0 Å². The van der Waals surface area contributed by atoms with Crippen molar-refractivity contribution in [2.24, 2.45) is 0 Å². The van der Waals surface area contributed by atoms with Crippen molar-refractivity contribution in [3.8, 4) is 56.4 Å². The lowest BCUT2D eigenvalue weighted by Gasteiger charge is -2.17. The van der Waals surface area contributed by atoms with Crippen LogP contribution in [-0.2, 0) is 0 Å². The van der Waals surface area contributed by atoms with Gasteiger partial charge in [0.05, 0.1) is 5.56 Å².